The van der Waals surface area contributed by atoms with E-state index in [2.05, 4.69) is 0 Å². The minimum atomic E-state index is -0.137. The van der Waals surface area contributed by atoms with Gasteiger partial charge in [0.25, 0.3) is 0 Å². The molecule has 66 valence electrons. The zero-order chi connectivity index (χ0) is 10.0. The average Bonchev–Trinajstić information content (AvgIpc) is 2.02. The number of hydrogen-bond donors (Lipinski definition) is 0. The second-order valence-corrected chi connectivity index (χ2v) is 3.25. The first kappa shape index (κ1) is 9.76. The molecule has 0 fully saturated rings. The average molecular weight is 194 g/mol. The van der Waals surface area contributed by atoms with E-state index in [0.29, 0.717) is 16.1 Å². The van der Waals surface area contributed by atoms with Crippen LogP contribution in [0.2, 0.25) is 5.02 Å². The quantitative estimate of drug-likeness (QED) is 0.644. The number of halogens is 1. The fourth-order valence-corrected chi connectivity index (χ4v) is 1.44. The minimum absolute atomic E-state index is 0.137. The lowest BCUT2D eigenvalue weighted by Crippen LogP contribution is -1.98. The van der Waals surface area contributed by atoms with Crippen LogP contribution in [0.1, 0.15) is 28.4 Å². The lowest BCUT2D eigenvalue weighted by Gasteiger charge is -2.03. The van der Waals surface area contributed by atoms with Crippen LogP contribution in [0.4, 0.5) is 0 Å². The fraction of sp³-hybridized carbons (Fsp3) is 0.200. The minimum Gasteiger partial charge on any atom is -0.294 e. The molecule has 0 radical (unpaired) electrons. The van der Waals surface area contributed by atoms with Crippen LogP contribution in [-0.4, -0.2) is 5.78 Å². The third-order valence-electron chi connectivity index (χ3n) is 1.79. The van der Waals surface area contributed by atoms with E-state index in [0.717, 1.165) is 5.56 Å². The van der Waals surface area contributed by atoms with E-state index >= 15 is 0 Å². The first-order chi connectivity index (χ1) is 6.06. The van der Waals surface area contributed by atoms with Gasteiger partial charge in [-0.3, -0.25) is 4.79 Å². The van der Waals surface area contributed by atoms with E-state index in [1.54, 1.807) is 13.0 Å². The van der Waals surface area contributed by atoms with Gasteiger partial charge in [-0.2, -0.15) is 5.26 Å². The third-order valence-corrected chi connectivity index (χ3v) is 2.01. The molecule has 0 amide bonds. The summed E-state index contributed by atoms with van der Waals surface area (Å²) in [5.74, 6) is -0.137. The predicted molar refractivity (Wildman–Crippen MR) is 50.9 cm³/mol. The highest BCUT2D eigenvalue weighted by Crippen LogP contribution is 2.20. The van der Waals surface area contributed by atoms with Crippen LogP contribution in [0.15, 0.2) is 12.1 Å². The molecule has 1 rings (SSSR count). The van der Waals surface area contributed by atoms with Crippen LogP contribution in [0.25, 0.3) is 0 Å². The summed E-state index contributed by atoms with van der Waals surface area (Å²) in [6, 6.07) is 5.19. The highest BCUT2D eigenvalue weighted by atomic mass is 35.5. The van der Waals surface area contributed by atoms with Crippen molar-refractivity contribution >= 4 is 17.4 Å². The normalized spacial score (nSPS) is 9.38. The Morgan fingerprint density at radius 1 is 1.54 bits per heavy atom. The van der Waals surface area contributed by atoms with Gasteiger partial charge in [0.1, 0.15) is 6.07 Å². The van der Waals surface area contributed by atoms with Crippen LogP contribution in [0.3, 0.4) is 0 Å². The monoisotopic (exact) mass is 193 g/mol. The third kappa shape index (κ3) is 1.88. The molecule has 0 N–H and O–H groups in total. The molecule has 0 atom stereocenters. The van der Waals surface area contributed by atoms with Gasteiger partial charge in [0.15, 0.2) is 5.78 Å². The molecule has 0 bridgehead atoms. The van der Waals surface area contributed by atoms with Gasteiger partial charge in [-0.05, 0) is 31.5 Å². The van der Waals surface area contributed by atoms with Crippen molar-refractivity contribution < 1.29 is 4.79 Å². The molecule has 0 aliphatic carbocycles. The molecule has 0 unspecified atom stereocenters. The number of Topliss-reactive ketones (excluding diaryl/α,β-unsaturated/α-hetero) is 1. The molecule has 2 nitrogen and oxygen atoms in total. The molecule has 1 aromatic carbocycles. The number of ketones is 1. The van der Waals surface area contributed by atoms with E-state index in [-0.39, 0.29) is 5.78 Å². The van der Waals surface area contributed by atoms with Gasteiger partial charge < -0.3 is 0 Å². The molecular formula is C10H8ClNO. The van der Waals surface area contributed by atoms with Crippen LogP contribution < -0.4 is 0 Å². The van der Waals surface area contributed by atoms with Gasteiger partial charge in [0, 0.05) is 10.6 Å². The van der Waals surface area contributed by atoms with Crippen molar-refractivity contribution in [2.75, 3.05) is 0 Å². The number of nitriles is 1. The largest absolute Gasteiger partial charge is 0.294 e. The molecule has 1 aromatic rings. The standard InChI is InChI=1S/C10H8ClNO/c1-6-3-8(11)4-9(7(2)13)10(6)5-12/h3-4H,1-2H3. The predicted octanol–water partition coefficient (Wildman–Crippen LogP) is 2.72. The molecule has 0 aliphatic heterocycles. The Morgan fingerprint density at radius 3 is 2.62 bits per heavy atom. The Kier molecular flexibility index (Phi) is 2.69. The second kappa shape index (κ2) is 3.59. The van der Waals surface area contributed by atoms with E-state index in [4.69, 9.17) is 16.9 Å². The number of aryl methyl sites for hydroxylation is 1. The molecule has 0 saturated carbocycles. The summed E-state index contributed by atoms with van der Waals surface area (Å²) in [5.41, 5.74) is 1.55. The molecule has 0 spiro atoms. The van der Waals surface area contributed by atoms with Gasteiger partial charge in [-0.1, -0.05) is 11.6 Å². The lowest BCUT2D eigenvalue weighted by molar-refractivity contribution is 0.101. The van der Waals surface area contributed by atoms with Gasteiger partial charge in [0.2, 0.25) is 0 Å². The maximum atomic E-state index is 11.1. The van der Waals surface area contributed by atoms with Crippen molar-refractivity contribution in [1.82, 2.24) is 0 Å². The fourth-order valence-electron chi connectivity index (χ4n) is 1.17. The van der Waals surface area contributed by atoms with Crippen molar-refractivity contribution in [3.63, 3.8) is 0 Å². The second-order valence-electron chi connectivity index (χ2n) is 2.81. The summed E-state index contributed by atoms with van der Waals surface area (Å²) in [6.45, 7) is 3.18. The van der Waals surface area contributed by atoms with E-state index in [9.17, 15) is 4.79 Å². The van der Waals surface area contributed by atoms with Gasteiger partial charge in [-0.15, -0.1) is 0 Å². The summed E-state index contributed by atoms with van der Waals surface area (Å²) in [5, 5.41) is 9.28. The Balaban J connectivity index is 3.50. The highest BCUT2D eigenvalue weighted by molar-refractivity contribution is 6.31. The lowest BCUT2D eigenvalue weighted by atomic mass is 10.0. The highest BCUT2D eigenvalue weighted by Gasteiger charge is 2.10. The van der Waals surface area contributed by atoms with Crippen molar-refractivity contribution in [3.05, 3.63) is 33.8 Å². The summed E-state index contributed by atoms with van der Waals surface area (Å²) >= 11 is 5.76. The SMILES string of the molecule is CC(=O)c1cc(Cl)cc(C)c1C#N. The number of carbonyl (C=O) groups excluding carboxylic acids is 1. The number of carbonyl (C=O) groups is 1. The molecule has 0 heterocycles. The zero-order valence-electron chi connectivity index (χ0n) is 7.39. The topological polar surface area (TPSA) is 40.9 Å². The Bertz CT molecular complexity index is 404. The Labute approximate surface area is 81.7 Å². The van der Waals surface area contributed by atoms with Gasteiger partial charge >= 0.3 is 0 Å². The number of nitrogens with zero attached hydrogens (tertiary/aromatic N) is 1. The van der Waals surface area contributed by atoms with E-state index in [1.165, 1.54) is 13.0 Å². The maximum Gasteiger partial charge on any atom is 0.161 e. The summed E-state index contributed by atoms with van der Waals surface area (Å²) in [6.07, 6.45) is 0. The molecule has 0 aromatic heterocycles. The van der Waals surface area contributed by atoms with Gasteiger partial charge in [-0.25, -0.2) is 0 Å². The molecule has 13 heavy (non-hydrogen) atoms. The Hall–Kier alpha value is -1.33. The van der Waals surface area contributed by atoms with Crippen LogP contribution in [0.5, 0.6) is 0 Å². The van der Waals surface area contributed by atoms with Gasteiger partial charge in [0.05, 0.1) is 5.56 Å². The first-order valence-corrected chi connectivity index (χ1v) is 4.15. The summed E-state index contributed by atoms with van der Waals surface area (Å²) < 4.78 is 0. The maximum absolute atomic E-state index is 11.1. The molecule has 0 saturated heterocycles. The summed E-state index contributed by atoms with van der Waals surface area (Å²) in [7, 11) is 0. The van der Waals surface area contributed by atoms with Crippen LogP contribution in [-0.2, 0) is 0 Å². The van der Waals surface area contributed by atoms with Crippen molar-refractivity contribution in [2.24, 2.45) is 0 Å². The number of benzene rings is 1. The Morgan fingerprint density at radius 2 is 2.15 bits per heavy atom. The zero-order valence-corrected chi connectivity index (χ0v) is 8.14. The number of rotatable bonds is 1. The van der Waals surface area contributed by atoms with Crippen molar-refractivity contribution in [1.29, 1.82) is 5.26 Å². The molecule has 3 heteroatoms. The van der Waals surface area contributed by atoms with Crippen molar-refractivity contribution in [2.45, 2.75) is 13.8 Å². The van der Waals surface area contributed by atoms with Crippen molar-refractivity contribution in [3.8, 4) is 6.07 Å². The number of hydrogen-bond acceptors (Lipinski definition) is 2. The van der Waals surface area contributed by atoms with E-state index in [1.807, 2.05) is 6.07 Å². The molecule has 0 aliphatic rings. The summed E-state index contributed by atoms with van der Waals surface area (Å²) in [4.78, 5) is 11.1. The van der Waals surface area contributed by atoms with Crippen LogP contribution in [0, 0.1) is 18.3 Å². The molecular weight excluding hydrogens is 186 g/mol. The van der Waals surface area contributed by atoms with E-state index < -0.39 is 0 Å². The smallest absolute Gasteiger partial charge is 0.161 e. The van der Waals surface area contributed by atoms with Crippen LogP contribution >= 0.6 is 11.6 Å². The first-order valence-electron chi connectivity index (χ1n) is 3.77.